The lowest BCUT2D eigenvalue weighted by molar-refractivity contribution is -0.132. The molecule has 0 bridgehead atoms. The molecule has 6 heterocycles. The summed E-state index contributed by atoms with van der Waals surface area (Å²) in [5.41, 5.74) is 9.66. The Kier molecular flexibility index (Phi) is 43.4. The number of carbonyl (C=O) groups is 6. The Morgan fingerprint density at radius 1 is 0.326 bits per heavy atom. The van der Waals surface area contributed by atoms with Crippen LogP contribution in [0, 0.1) is 0 Å². The number of ketones is 1. The van der Waals surface area contributed by atoms with E-state index in [1.807, 2.05) is 207 Å². The summed E-state index contributed by atoms with van der Waals surface area (Å²) in [5.74, 6) is 4.28. The van der Waals surface area contributed by atoms with E-state index in [9.17, 15) is 49.2 Å². The second-order valence-corrected chi connectivity index (χ2v) is 40.8. The fraction of sp³-hybridized carbons (Fsp3) is 0.327. The molecule has 0 saturated carbocycles. The number of carbonyl (C=O) groups excluding carboxylic acids is 6. The largest absolute Gasteiger partial charge is 0.507 e. The average Bonchev–Trinajstić information content (AvgIpc) is 1.78. The number of hydrogen-bond acceptors (Lipinski definition) is 26. The number of aromatic nitrogens is 12. The molecule has 0 aliphatic rings. The lowest BCUT2D eigenvalue weighted by atomic mass is 10.1. The Morgan fingerprint density at radius 2 is 0.618 bits per heavy atom. The molecule has 0 radical (unpaired) electrons. The Labute approximate surface area is 871 Å². The fourth-order valence-corrected chi connectivity index (χ4v) is 19.9. The van der Waals surface area contributed by atoms with Gasteiger partial charge in [-0.25, -0.2) is 9.59 Å². The van der Waals surface area contributed by atoms with Gasteiger partial charge in [-0.3, -0.25) is 47.3 Å². The van der Waals surface area contributed by atoms with Crippen molar-refractivity contribution in [3.05, 3.63) is 287 Å². The number of alkyl halides is 2. The Balaban J connectivity index is 0.000000174. The van der Waals surface area contributed by atoms with Crippen molar-refractivity contribution < 1.29 is 73.2 Å². The first-order chi connectivity index (χ1) is 68.8. The Morgan fingerprint density at radius 3 is 0.944 bits per heavy atom. The van der Waals surface area contributed by atoms with Crippen molar-refractivity contribution in [2.75, 3.05) is 13.2 Å². The number of phenols is 3. The lowest BCUT2D eigenvalue weighted by Gasteiger charge is -2.12. The van der Waals surface area contributed by atoms with Gasteiger partial charge >= 0.3 is 23.9 Å². The summed E-state index contributed by atoms with van der Waals surface area (Å²) in [7, 11) is 0. The summed E-state index contributed by atoms with van der Waals surface area (Å²) in [6.45, 7) is 36.5. The van der Waals surface area contributed by atoms with Crippen molar-refractivity contribution in [3.8, 4) is 28.7 Å². The van der Waals surface area contributed by atoms with Crippen LogP contribution in [0.2, 0.25) is 0 Å². The lowest BCUT2D eigenvalue weighted by Crippen LogP contribution is -2.09. The smallest absolute Gasteiger partial charge is 0.358 e. The van der Waals surface area contributed by atoms with Gasteiger partial charge in [0.15, 0.2) is 22.3 Å². The van der Waals surface area contributed by atoms with E-state index in [1.54, 1.807) is 101 Å². The van der Waals surface area contributed by atoms with Gasteiger partial charge in [-0.2, -0.15) is 30.6 Å². The van der Waals surface area contributed by atoms with Gasteiger partial charge in [0.05, 0.1) is 66.7 Å². The number of esters is 4. The third-order valence-corrected chi connectivity index (χ3v) is 26.9. The average molecular weight is 2090 g/mol. The van der Waals surface area contributed by atoms with Gasteiger partial charge in [0.25, 0.3) is 0 Å². The number of thioether (sulfide) groups is 5. The van der Waals surface area contributed by atoms with Gasteiger partial charge in [-0.15, -0.1) is 70.2 Å². The number of ether oxygens (including phenoxy) is 4. The number of Topliss-reactive ketones (excluding diaryl/α,β-unsaturated/α-hetero) is 1. The molecule has 5 N–H and O–H groups in total. The van der Waals surface area contributed by atoms with Crippen molar-refractivity contribution in [1.82, 2.24) is 58.7 Å². The van der Waals surface area contributed by atoms with Crippen molar-refractivity contribution in [3.63, 3.8) is 0 Å². The molecular formula is C110H126Cl2N12O15S5. The molecule has 0 saturated heterocycles. The van der Waals surface area contributed by atoms with E-state index >= 15 is 0 Å². The van der Waals surface area contributed by atoms with Crippen LogP contribution < -0.4 is 9.47 Å². The molecule has 144 heavy (non-hydrogen) atoms. The fourth-order valence-electron chi connectivity index (χ4n) is 15.2. The van der Waals surface area contributed by atoms with Crippen LogP contribution in [-0.4, -0.2) is 132 Å². The van der Waals surface area contributed by atoms with Crippen LogP contribution in [-0.2, 0) is 78.3 Å². The number of aryl methyl sites for hydroxylation is 1. The zero-order chi connectivity index (χ0) is 105. The minimum atomic E-state index is -0.452. The summed E-state index contributed by atoms with van der Waals surface area (Å²) in [5, 5.41) is 84.7. The topological polar surface area (TPSA) is 347 Å². The number of aromatic hydroxyl groups is 3. The third-order valence-electron chi connectivity index (χ3n) is 21.6. The van der Waals surface area contributed by atoms with Crippen molar-refractivity contribution in [2.24, 2.45) is 0 Å². The quantitative estimate of drug-likeness (QED) is 0.00886. The minimum Gasteiger partial charge on any atom is -0.507 e. The first-order valence-electron chi connectivity index (χ1n) is 47.3. The van der Waals surface area contributed by atoms with Crippen LogP contribution in [0.4, 0.5) is 0 Å². The highest BCUT2D eigenvalue weighted by Gasteiger charge is 2.23. The van der Waals surface area contributed by atoms with Gasteiger partial charge in [-0.05, 0) is 227 Å². The number of phenolic OH excluding ortho intramolecular Hbond substituents is 3. The van der Waals surface area contributed by atoms with Crippen LogP contribution in [0.15, 0.2) is 243 Å². The highest BCUT2D eigenvalue weighted by Crippen LogP contribution is 2.40. The molecule has 16 rings (SSSR count). The Hall–Kier alpha value is -12.4. The molecule has 34 heteroatoms. The van der Waals surface area contributed by atoms with Gasteiger partial charge in [0.2, 0.25) is 0 Å². The molecule has 0 unspecified atom stereocenters. The van der Waals surface area contributed by atoms with Crippen LogP contribution in [0.25, 0.3) is 53.9 Å². The van der Waals surface area contributed by atoms with Crippen molar-refractivity contribution in [2.45, 2.75) is 247 Å². The molecule has 0 atom stereocenters. The van der Waals surface area contributed by atoms with Crippen LogP contribution in [0.3, 0.4) is 0 Å². The number of aliphatic hydroxyl groups is 2. The molecule has 16 aromatic rings. The SMILES string of the molecule is CC(=O)Oc1cc(SC(C)=O)cc2ccccc12.CC(=O)c1cc(CSc2cc(O)c3ccccc3c2)n(C(C)C)n1.CC(C)n1nc(CCl)cc1CSc1cc(O)c2ccccc2c1.CC(C)n1nc(CO)cc1CSc1cc(O)c2ccccc2c1.CCOC(=O)c1cc(CCl)n(C(C)C)n1.CCOC(=O)c1cc(CO)n(C(C)C)n1.CCc1cc(CSc2cc(OC(C)=O)c3ccccc3c2)n(C(C)C)n1. The first-order valence-corrected chi connectivity index (χ1v) is 53.1. The summed E-state index contributed by atoms with van der Waals surface area (Å²) in [6, 6.07) is 71.0. The maximum atomic E-state index is 11.6. The maximum Gasteiger partial charge on any atom is 0.358 e. The molecule has 0 aliphatic carbocycles. The molecule has 0 amide bonds. The third kappa shape index (κ3) is 32.1. The number of halogens is 2. The van der Waals surface area contributed by atoms with E-state index < -0.39 is 11.9 Å². The molecule has 0 fully saturated rings. The monoisotopic (exact) mass is 2080 g/mol. The van der Waals surface area contributed by atoms with Crippen molar-refractivity contribution >= 4 is 171 Å². The molecule has 0 spiro atoms. The highest BCUT2D eigenvalue weighted by molar-refractivity contribution is 8.13. The normalized spacial score (nSPS) is 11.1. The number of hydrogen-bond donors (Lipinski definition) is 5. The number of rotatable bonds is 31. The van der Waals surface area contributed by atoms with E-state index in [2.05, 4.69) is 120 Å². The molecule has 10 aromatic carbocycles. The van der Waals surface area contributed by atoms with Gasteiger partial charge < -0.3 is 44.5 Å². The highest BCUT2D eigenvalue weighted by atomic mass is 35.5. The zero-order valence-electron chi connectivity index (χ0n) is 84.5. The first kappa shape index (κ1) is 114. The standard InChI is InChI=1S/C21H24N2O2S.C19H20N2O2S.C18H19ClN2OS.C18H20N2O2S.C14H12O3S.C10H15ClN2O2.C10H16N2O3/c1-5-17-11-18(23(22-17)14(2)3)13-26-19-10-16-8-6-7-9-20(16)21(12-19)25-15(4)24;1-12(2)21-15(9-18(20-21)13(3)22)11-24-16-8-14-6-4-5-7-17(14)19(23)10-16;1-12(2)21-15(8-14(10-19)20-21)11-23-16-7-13-5-3-4-6-17(13)18(22)9-16;1-12(2)20-15(8-14(10-21)19-20)11-23-16-7-13-5-3-4-6-17(13)18(22)9-16;1-9(15)17-14-8-12(18-10(2)16)7-11-5-3-4-6-13(11)14;1-4-15-10(14)9-5-8(6-11)13(12-9)7(2)3;1-4-15-10(14)9-5-8(6-13)12(11-9)7(2)3/h6-12,14H,5,13H2,1-4H3;4-10,12,23H,11H2,1-3H3;3-9,12,22H,10-11H2,1-2H3;3-9,12,21-22H,10-11H2,1-2H3;3-8H,1-2H3;5,7H,4,6H2,1-3H3;5,7,13H,4,6H2,1-3H3. The van der Waals surface area contributed by atoms with E-state index in [-0.39, 0.29) is 71.7 Å². The number of aliphatic hydroxyl groups excluding tert-OH is 2. The second-order valence-electron chi connectivity index (χ2n) is 34.8. The van der Waals surface area contributed by atoms with Gasteiger partial charge in [0.1, 0.15) is 34.4 Å². The number of fused-ring (bicyclic) bond motifs is 5. The van der Waals surface area contributed by atoms with E-state index in [0.29, 0.717) is 88.6 Å². The van der Waals surface area contributed by atoms with Gasteiger partial charge in [-0.1, -0.05) is 140 Å². The van der Waals surface area contributed by atoms with Crippen molar-refractivity contribution in [1.29, 1.82) is 0 Å². The predicted molar refractivity (Wildman–Crippen MR) is 580 cm³/mol. The zero-order valence-corrected chi connectivity index (χ0v) is 90.1. The summed E-state index contributed by atoms with van der Waals surface area (Å²) < 4.78 is 31.6. The number of benzene rings is 10. The molecular weight excluding hydrogens is 1960 g/mol. The van der Waals surface area contributed by atoms with Crippen LogP contribution in [0.5, 0.6) is 28.7 Å². The summed E-state index contributed by atoms with van der Waals surface area (Å²) >= 11 is 19.5. The van der Waals surface area contributed by atoms with Gasteiger partial charge in [0, 0.05) is 161 Å². The predicted octanol–water partition coefficient (Wildman–Crippen LogP) is 26.6. The van der Waals surface area contributed by atoms with Crippen LogP contribution in [0.1, 0.15) is 251 Å². The van der Waals surface area contributed by atoms with E-state index in [1.165, 1.54) is 33.4 Å². The molecule has 0 aliphatic heterocycles. The van der Waals surface area contributed by atoms with Crippen LogP contribution >= 0.6 is 82.0 Å². The molecule has 760 valence electrons. The molecule has 27 nitrogen and oxygen atoms in total. The van der Waals surface area contributed by atoms with E-state index in [4.69, 9.17) is 47.3 Å². The Bertz CT molecular complexity index is 6880. The molecule has 6 aromatic heterocycles. The van der Waals surface area contributed by atoms with E-state index in [0.717, 1.165) is 148 Å². The summed E-state index contributed by atoms with van der Waals surface area (Å²) in [6.07, 6.45) is 0.934. The number of nitrogens with zero attached hydrogens (tertiary/aromatic N) is 12. The maximum absolute atomic E-state index is 11.6. The summed E-state index contributed by atoms with van der Waals surface area (Å²) in [4.78, 5) is 73.0. The second kappa shape index (κ2) is 55.1. The minimum absolute atomic E-state index is 0.000874.